The van der Waals surface area contributed by atoms with Gasteiger partial charge in [-0.15, -0.1) is 0 Å². The Morgan fingerprint density at radius 2 is 1.86 bits per heavy atom. The van der Waals surface area contributed by atoms with Gasteiger partial charge in [-0.2, -0.15) is 5.26 Å². The van der Waals surface area contributed by atoms with Gasteiger partial charge in [0.1, 0.15) is 11.9 Å². The van der Waals surface area contributed by atoms with E-state index in [0.29, 0.717) is 0 Å². The van der Waals surface area contributed by atoms with Gasteiger partial charge in [-0.05, 0) is 30.2 Å². The number of benzene rings is 1. The van der Waals surface area contributed by atoms with Crippen LogP contribution in [0.25, 0.3) is 0 Å². The van der Waals surface area contributed by atoms with Crippen molar-refractivity contribution in [2.24, 2.45) is 5.92 Å². The molecule has 1 unspecified atom stereocenters. The number of hydrogen-bond donors (Lipinski definition) is 1. The maximum absolute atomic E-state index is 12.6. The molecule has 0 aliphatic rings. The van der Waals surface area contributed by atoms with Crippen molar-refractivity contribution < 1.29 is 4.39 Å². The van der Waals surface area contributed by atoms with Gasteiger partial charge in [0.15, 0.2) is 0 Å². The summed E-state index contributed by atoms with van der Waals surface area (Å²) >= 11 is 0. The first kappa shape index (κ1) is 10.5. The lowest BCUT2D eigenvalue weighted by molar-refractivity contribution is 0.608. The topological polar surface area (TPSA) is 35.8 Å². The molecule has 0 saturated carbocycles. The van der Waals surface area contributed by atoms with Crippen LogP contribution in [-0.4, -0.2) is 6.04 Å². The van der Waals surface area contributed by atoms with Crippen molar-refractivity contribution in [2.75, 3.05) is 5.32 Å². The fraction of sp³-hybridized carbons (Fsp3) is 0.364. The first-order chi connectivity index (χ1) is 6.63. The van der Waals surface area contributed by atoms with Gasteiger partial charge in [-0.3, -0.25) is 0 Å². The maximum Gasteiger partial charge on any atom is 0.123 e. The van der Waals surface area contributed by atoms with Crippen LogP contribution in [0.1, 0.15) is 13.8 Å². The Morgan fingerprint density at radius 1 is 1.29 bits per heavy atom. The molecule has 0 saturated heterocycles. The molecule has 0 heterocycles. The summed E-state index contributed by atoms with van der Waals surface area (Å²) in [6, 6.07) is 7.92. The van der Waals surface area contributed by atoms with E-state index < -0.39 is 0 Å². The fourth-order valence-corrected chi connectivity index (χ4v) is 1.07. The zero-order chi connectivity index (χ0) is 10.6. The number of nitriles is 1. The smallest absolute Gasteiger partial charge is 0.123 e. The lowest BCUT2D eigenvalue weighted by Gasteiger charge is -2.15. The van der Waals surface area contributed by atoms with E-state index in [2.05, 4.69) is 11.4 Å². The third kappa shape index (κ3) is 2.74. The Hall–Kier alpha value is -1.56. The van der Waals surface area contributed by atoms with Crippen molar-refractivity contribution >= 4 is 5.69 Å². The van der Waals surface area contributed by atoms with Crippen molar-refractivity contribution in [2.45, 2.75) is 19.9 Å². The quantitative estimate of drug-likeness (QED) is 0.799. The van der Waals surface area contributed by atoms with Crippen molar-refractivity contribution in [1.29, 1.82) is 5.26 Å². The molecule has 74 valence electrons. The van der Waals surface area contributed by atoms with Gasteiger partial charge < -0.3 is 5.32 Å². The van der Waals surface area contributed by atoms with E-state index in [1.807, 2.05) is 13.8 Å². The molecule has 1 atom stereocenters. The minimum absolute atomic E-state index is 0.227. The molecule has 1 aromatic carbocycles. The summed E-state index contributed by atoms with van der Waals surface area (Å²) in [5.74, 6) is -0.0429. The van der Waals surface area contributed by atoms with Crippen LogP contribution in [0.2, 0.25) is 0 Å². The highest BCUT2D eigenvalue weighted by Crippen LogP contribution is 2.12. The largest absolute Gasteiger partial charge is 0.370 e. The molecule has 3 heteroatoms. The SMILES string of the molecule is CC(C)C(C#N)Nc1ccc(F)cc1. The number of nitrogens with zero attached hydrogens (tertiary/aromatic N) is 1. The summed E-state index contributed by atoms with van der Waals surface area (Å²) in [5.41, 5.74) is 0.770. The second-order valence-electron chi connectivity index (χ2n) is 3.50. The van der Waals surface area contributed by atoms with E-state index in [-0.39, 0.29) is 17.8 Å². The molecule has 1 rings (SSSR count). The first-order valence-corrected chi connectivity index (χ1v) is 4.55. The summed E-state index contributed by atoms with van der Waals surface area (Å²) < 4.78 is 12.6. The van der Waals surface area contributed by atoms with Crippen LogP contribution in [0.4, 0.5) is 10.1 Å². The fourth-order valence-electron chi connectivity index (χ4n) is 1.07. The van der Waals surface area contributed by atoms with E-state index in [9.17, 15) is 4.39 Å². The highest BCUT2D eigenvalue weighted by atomic mass is 19.1. The van der Waals surface area contributed by atoms with E-state index in [1.165, 1.54) is 12.1 Å². The minimum Gasteiger partial charge on any atom is -0.370 e. The Kier molecular flexibility index (Phi) is 3.47. The van der Waals surface area contributed by atoms with E-state index >= 15 is 0 Å². The molecule has 1 N–H and O–H groups in total. The van der Waals surface area contributed by atoms with E-state index in [0.717, 1.165) is 5.69 Å². The predicted octanol–water partition coefficient (Wildman–Crippen LogP) is 2.79. The number of rotatable bonds is 3. The van der Waals surface area contributed by atoms with Gasteiger partial charge >= 0.3 is 0 Å². The molecule has 2 nitrogen and oxygen atoms in total. The van der Waals surface area contributed by atoms with Gasteiger partial charge in [0.25, 0.3) is 0 Å². The van der Waals surface area contributed by atoms with Crippen LogP contribution in [0.3, 0.4) is 0 Å². The first-order valence-electron chi connectivity index (χ1n) is 4.55. The molecule has 0 aliphatic heterocycles. The molecule has 0 fully saturated rings. The highest BCUT2D eigenvalue weighted by molar-refractivity contribution is 5.45. The molecule has 1 aromatic rings. The molecule has 14 heavy (non-hydrogen) atoms. The second kappa shape index (κ2) is 4.61. The molecule has 0 radical (unpaired) electrons. The molecule has 0 aromatic heterocycles. The predicted molar refractivity (Wildman–Crippen MR) is 54.3 cm³/mol. The minimum atomic E-state index is -0.270. The van der Waals surface area contributed by atoms with E-state index in [4.69, 9.17) is 5.26 Å². The van der Waals surface area contributed by atoms with Crippen LogP contribution in [-0.2, 0) is 0 Å². The average molecular weight is 192 g/mol. The monoisotopic (exact) mass is 192 g/mol. The second-order valence-corrected chi connectivity index (χ2v) is 3.50. The lowest BCUT2D eigenvalue weighted by Crippen LogP contribution is -2.23. The van der Waals surface area contributed by atoms with Gasteiger partial charge in [-0.1, -0.05) is 13.8 Å². The number of halogens is 1. The molecule has 0 bridgehead atoms. The zero-order valence-electron chi connectivity index (χ0n) is 8.29. The Balaban J connectivity index is 2.69. The average Bonchev–Trinajstić information content (AvgIpc) is 2.16. The summed E-state index contributed by atoms with van der Waals surface area (Å²) in [7, 11) is 0. The van der Waals surface area contributed by atoms with Gasteiger partial charge in [0.2, 0.25) is 0 Å². The van der Waals surface area contributed by atoms with Crippen molar-refractivity contribution in [3.63, 3.8) is 0 Å². The highest BCUT2D eigenvalue weighted by Gasteiger charge is 2.11. The molecular formula is C11H13FN2. The lowest BCUT2D eigenvalue weighted by atomic mass is 10.1. The zero-order valence-corrected chi connectivity index (χ0v) is 8.29. The van der Waals surface area contributed by atoms with E-state index in [1.54, 1.807) is 12.1 Å². The molecule has 0 aliphatic carbocycles. The van der Waals surface area contributed by atoms with Crippen LogP contribution < -0.4 is 5.32 Å². The third-order valence-electron chi connectivity index (χ3n) is 1.97. The van der Waals surface area contributed by atoms with Crippen molar-refractivity contribution in [3.8, 4) is 6.07 Å². The van der Waals surface area contributed by atoms with Crippen LogP contribution >= 0.6 is 0 Å². The molecule has 0 spiro atoms. The molecular weight excluding hydrogens is 179 g/mol. The Bertz CT molecular complexity index is 324. The summed E-state index contributed by atoms with van der Waals surface area (Å²) in [5, 5.41) is 11.9. The standard InChI is InChI=1S/C11H13FN2/c1-8(2)11(7-13)14-10-5-3-9(12)4-6-10/h3-6,8,11,14H,1-2H3. The summed E-state index contributed by atoms with van der Waals surface area (Å²) in [6.45, 7) is 3.93. The Labute approximate surface area is 83.4 Å². The van der Waals surface area contributed by atoms with Crippen LogP contribution in [0.15, 0.2) is 24.3 Å². The normalized spacial score (nSPS) is 12.2. The number of nitrogens with one attached hydrogen (secondary N) is 1. The van der Waals surface area contributed by atoms with Crippen molar-refractivity contribution in [1.82, 2.24) is 0 Å². The van der Waals surface area contributed by atoms with Crippen molar-refractivity contribution in [3.05, 3.63) is 30.1 Å². The van der Waals surface area contributed by atoms with Gasteiger partial charge in [0.05, 0.1) is 6.07 Å². The maximum atomic E-state index is 12.6. The summed E-state index contributed by atoms with van der Waals surface area (Å²) in [4.78, 5) is 0. The van der Waals surface area contributed by atoms with Crippen LogP contribution in [0, 0.1) is 23.1 Å². The Morgan fingerprint density at radius 3 is 2.29 bits per heavy atom. The number of hydrogen-bond acceptors (Lipinski definition) is 2. The summed E-state index contributed by atoms with van der Waals surface area (Å²) in [6.07, 6.45) is 0. The van der Waals surface area contributed by atoms with Gasteiger partial charge in [-0.25, -0.2) is 4.39 Å². The van der Waals surface area contributed by atoms with Crippen LogP contribution in [0.5, 0.6) is 0 Å². The number of anilines is 1. The molecule has 0 amide bonds. The van der Waals surface area contributed by atoms with Gasteiger partial charge in [0, 0.05) is 5.69 Å². The third-order valence-corrected chi connectivity index (χ3v) is 1.97.